The fourth-order valence-corrected chi connectivity index (χ4v) is 2.84. The molecule has 7 heteroatoms. The van der Waals surface area contributed by atoms with Crippen LogP contribution in [0.5, 0.6) is 0 Å². The van der Waals surface area contributed by atoms with Crippen molar-refractivity contribution >= 4 is 23.5 Å². The number of anilines is 1. The van der Waals surface area contributed by atoms with Gasteiger partial charge in [0.25, 0.3) is 5.91 Å². The average molecular weight is 360 g/mol. The van der Waals surface area contributed by atoms with Crippen LogP contribution in [0.2, 0.25) is 0 Å². The van der Waals surface area contributed by atoms with Crippen molar-refractivity contribution in [2.24, 2.45) is 5.92 Å². The van der Waals surface area contributed by atoms with Crippen LogP contribution in [-0.2, 0) is 19.1 Å². The van der Waals surface area contributed by atoms with Crippen molar-refractivity contribution in [3.05, 3.63) is 41.6 Å². The van der Waals surface area contributed by atoms with E-state index < -0.39 is 11.9 Å². The number of carbonyl (C=O) groups is 3. The Labute approximate surface area is 153 Å². The Kier molecular flexibility index (Phi) is 6.77. The quantitative estimate of drug-likeness (QED) is 0.640. The molecule has 1 aliphatic rings. The molecule has 140 valence electrons. The summed E-state index contributed by atoms with van der Waals surface area (Å²) in [6.07, 6.45) is 3.18. The van der Waals surface area contributed by atoms with E-state index in [9.17, 15) is 14.4 Å². The van der Waals surface area contributed by atoms with Gasteiger partial charge in [-0.15, -0.1) is 0 Å². The Balaban J connectivity index is 2.10. The van der Waals surface area contributed by atoms with Crippen LogP contribution in [0.3, 0.4) is 0 Å². The number of benzene rings is 1. The molecule has 1 N–H and O–H groups in total. The molecular weight excluding hydrogens is 336 g/mol. The first-order valence-electron chi connectivity index (χ1n) is 8.49. The molecule has 0 bridgehead atoms. The van der Waals surface area contributed by atoms with E-state index in [1.807, 2.05) is 4.90 Å². The van der Waals surface area contributed by atoms with E-state index in [1.165, 1.54) is 14.2 Å². The SMILES string of the molecule is COC(=O)/C=C(/Nc1ccc(C(=O)N2CCCC(C)C2)cc1)C(=O)OC. The van der Waals surface area contributed by atoms with Gasteiger partial charge in [-0.3, -0.25) is 4.79 Å². The van der Waals surface area contributed by atoms with E-state index >= 15 is 0 Å². The number of likely N-dealkylation sites (tertiary alicyclic amines) is 1. The van der Waals surface area contributed by atoms with Crippen LogP contribution in [0.1, 0.15) is 30.1 Å². The molecule has 1 fully saturated rings. The molecule has 1 aromatic carbocycles. The number of piperidine rings is 1. The van der Waals surface area contributed by atoms with Crippen molar-refractivity contribution in [3.8, 4) is 0 Å². The topological polar surface area (TPSA) is 84.9 Å². The standard InChI is InChI=1S/C19H24N2O5/c1-13-5-4-10-21(12-13)18(23)14-6-8-15(9-7-14)20-16(19(24)26-3)11-17(22)25-2/h6-9,11,13,20H,4-5,10,12H2,1-3H3/b16-11+. The van der Waals surface area contributed by atoms with Gasteiger partial charge in [-0.25, -0.2) is 9.59 Å². The minimum atomic E-state index is -0.696. The second kappa shape index (κ2) is 9.03. The van der Waals surface area contributed by atoms with E-state index in [4.69, 9.17) is 0 Å². The van der Waals surface area contributed by atoms with Crippen molar-refractivity contribution in [3.63, 3.8) is 0 Å². The van der Waals surface area contributed by atoms with Gasteiger partial charge < -0.3 is 19.7 Å². The molecule has 1 unspecified atom stereocenters. The van der Waals surface area contributed by atoms with E-state index in [1.54, 1.807) is 24.3 Å². The fraction of sp³-hybridized carbons (Fsp3) is 0.421. The lowest BCUT2D eigenvalue weighted by molar-refractivity contribution is -0.138. The number of hydrogen-bond acceptors (Lipinski definition) is 6. The molecule has 1 saturated heterocycles. The highest BCUT2D eigenvalue weighted by Crippen LogP contribution is 2.19. The van der Waals surface area contributed by atoms with Gasteiger partial charge in [-0.05, 0) is 43.0 Å². The highest BCUT2D eigenvalue weighted by molar-refractivity contribution is 5.99. The molecule has 0 saturated carbocycles. The van der Waals surface area contributed by atoms with Crippen molar-refractivity contribution in [2.75, 3.05) is 32.6 Å². The maximum atomic E-state index is 12.6. The van der Waals surface area contributed by atoms with Gasteiger partial charge in [0.1, 0.15) is 5.70 Å². The third kappa shape index (κ3) is 5.08. The number of carbonyl (C=O) groups excluding carboxylic acids is 3. The average Bonchev–Trinajstić information content (AvgIpc) is 2.66. The normalized spacial score (nSPS) is 17.4. The fourth-order valence-electron chi connectivity index (χ4n) is 2.84. The van der Waals surface area contributed by atoms with Crippen molar-refractivity contribution < 1.29 is 23.9 Å². The first kappa shape index (κ1) is 19.5. The molecule has 0 radical (unpaired) electrons. The Bertz CT molecular complexity index is 696. The summed E-state index contributed by atoms with van der Waals surface area (Å²) in [5.41, 5.74) is 1.08. The molecular formula is C19H24N2O5. The van der Waals surface area contributed by atoms with Gasteiger partial charge in [0.15, 0.2) is 0 Å². The monoisotopic (exact) mass is 360 g/mol. The molecule has 0 aliphatic carbocycles. The highest BCUT2D eigenvalue weighted by atomic mass is 16.5. The van der Waals surface area contributed by atoms with Crippen LogP contribution < -0.4 is 5.32 Å². The summed E-state index contributed by atoms with van der Waals surface area (Å²) in [4.78, 5) is 37.6. The maximum Gasteiger partial charge on any atom is 0.354 e. The van der Waals surface area contributed by atoms with Gasteiger partial charge in [-0.1, -0.05) is 6.92 Å². The van der Waals surface area contributed by atoms with E-state index in [-0.39, 0.29) is 11.6 Å². The summed E-state index contributed by atoms with van der Waals surface area (Å²) in [5.74, 6) is -0.858. The van der Waals surface area contributed by atoms with Crippen LogP contribution in [0.15, 0.2) is 36.0 Å². The molecule has 1 amide bonds. The summed E-state index contributed by atoms with van der Waals surface area (Å²) < 4.78 is 9.17. The molecule has 0 spiro atoms. The summed E-state index contributed by atoms with van der Waals surface area (Å²) in [6.45, 7) is 3.69. The number of methoxy groups -OCH3 is 2. The summed E-state index contributed by atoms with van der Waals surface area (Å²) in [6, 6.07) is 6.73. The predicted octanol–water partition coefficient (Wildman–Crippen LogP) is 2.20. The number of hydrogen-bond donors (Lipinski definition) is 1. The second-order valence-electron chi connectivity index (χ2n) is 6.27. The number of nitrogens with zero attached hydrogens (tertiary/aromatic N) is 1. The minimum absolute atomic E-state index is 0.00129. The zero-order chi connectivity index (χ0) is 19.1. The van der Waals surface area contributed by atoms with Crippen LogP contribution in [-0.4, -0.2) is 50.1 Å². The van der Waals surface area contributed by atoms with Crippen LogP contribution in [0, 0.1) is 5.92 Å². The lowest BCUT2D eigenvalue weighted by atomic mass is 9.99. The molecule has 0 aromatic heterocycles. The van der Waals surface area contributed by atoms with E-state index in [0.29, 0.717) is 17.2 Å². The highest BCUT2D eigenvalue weighted by Gasteiger charge is 2.22. The van der Waals surface area contributed by atoms with Crippen molar-refractivity contribution in [1.82, 2.24) is 4.90 Å². The van der Waals surface area contributed by atoms with Crippen LogP contribution >= 0.6 is 0 Å². The van der Waals surface area contributed by atoms with Gasteiger partial charge >= 0.3 is 11.9 Å². The first-order valence-corrected chi connectivity index (χ1v) is 8.49. The number of ether oxygens (including phenoxy) is 2. The molecule has 1 heterocycles. The lowest BCUT2D eigenvalue weighted by Crippen LogP contribution is -2.39. The van der Waals surface area contributed by atoms with Crippen molar-refractivity contribution in [1.29, 1.82) is 0 Å². The Morgan fingerprint density at radius 3 is 2.42 bits per heavy atom. The smallest absolute Gasteiger partial charge is 0.354 e. The molecule has 1 atom stereocenters. The molecule has 1 aromatic rings. The number of rotatable bonds is 5. The van der Waals surface area contributed by atoms with Crippen LogP contribution in [0.4, 0.5) is 5.69 Å². The second-order valence-corrected chi connectivity index (χ2v) is 6.27. The molecule has 7 nitrogen and oxygen atoms in total. The van der Waals surface area contributed by atoms with Crippen LogP contribution in [0.25, 0.3) is 0 Å². The maximum absolute atomic E-state index is 12.6. The Hall–Kier alpha value is -2.83. The van der Waals surface area contributed by atoms with Gasteiger partial charge in [0.05, 0.1) is 20.3 Å². The number of amides is 1. The zero-order valence-corrected chi connectivity index (χ0v) is 15.3. The van der Waals surface area contributed by atoms with E-state index in [2.05, 4.69) is 21.7 Å². The van der Waals surface area contributed by atoms with Gasteiger partial charge in [0.2, 0.25) is 0 Å². The molecule has 1 aliphatic heterocycles. The van der Waals surface area contributed by atoms with E-state index in [0.717, 1.165) is 32.0 Å². The number of esters is 2. The van der Waals surface area contributed by atoms with Gasteiger partial charge in [0, 0.05) is 24.3 Å². The first-order chi connectivity index (χ1) is 12.4. The minimum Gasteiger partial charge on any atom is -0.466 e. The van der Waals surface area contributed by atoms with Gasteiger partial charge in [-0.2, -0.15) is 0 Å². The lowest BCUT2D eigenvalue weighted by Gasteiger charge is -2.31. The summed E-state index contributed by atoms with van der Waals surface area (Å²) in [5, 5.41) is 2.81. The molecule has 26 heavy (non-hydrogen) atoms. The third-order valence-corrected chi connectivity index (χ3v) is 4.22. The van der Waals surface area contributed by atoms with Crippen molar-refractivity contribution in [2.45, 2.75) is 19.8 Å². The molecule has 2 rings (SSSR count). The zero-order valence-electron chi connectivity index (χ0n) is 15.3. The Morgan fingerprint density at radius 1 is 1.15 bits per heavy atom. The number of nitrogens with one attached hydrogen (secondary N) is 1. The third-order valence-electron chi connectivity index (χ3n) is 4.22. The largest absolute Gasteiger partial charge is 0.466 e. The summed E-state index contributed by atoms with van der Waals surface area (Å²) >= 11 is 0. The summed E-state index contributed by atoms with van der Waals surface area (Å²) in [7, 11) is 2.44. The Morgan fingerprint density at radius 2 is 1.85 bits per heavy atom. The predicted molar refractivity (Wildman–Crippen MR) is 96.5 cm³/mol.